The van der Waals surface area contributed by atoms with Crippen LogP contribution in [-0.4, -0.2) is 52.5 Å². The van der Waals surface area contributed by atoms with Crippen LogP contribution < -0.4 is 0 Å². The van der Waals surface area contributed by atoms with E-state index in [0.717, 1.165) is 66.2 Å². The minimum atomic E-state index is -0.252. The molecule has 4 rings (SSSR count). The van der Waals surface area contributed by atoms with Gasteiger partial charge in [-0.2, -0.15) is 0 Å². The van der Waals surface area contributed by atoms with Gasteiger partial charge < -0.3 is 9.30 Å². The summed E-state index contributed by atoms with van der Waals surface area (Å²) < 4.78 is 22.0. The fourth-order valence-electron chi connectivity index (χ4n) is 3.25. The second-order valence-corrected chi connectivity index (χ2v) is 8.70. The molecule has 1 fully saturated rings. The second kappa shape index (κ2) is 9.84. The van der Waals surface area contributed by atoms with Crippen molar-refractivity contribution in [3.05, 3.63) is 64.4 Å². The number of rotatable bonds is 7. The minimum absolute atomic E-state index is 0.252. The van der Waals surface area contributed by atoms with Gasteiger partial charge in [0.1, 0.15) is 5.82 Å². The molecule has 3 aromatic rings. The van der Waals surface area contributed by atoms with Gasteiger partial charge in [-0.1, -0.05) is 39.8 Å². The van der Waals surface area contributed by atoms with Crippen molar-refractivity contribution < 1.29 is 9.13 Å². The zero-order chi connectivity index (χ0) is 20.1. The number of benzene rings is 2. The maximum absolute atomic E-state index is 13.4. The van der Waals surface area contributed by atoms with Crippen LogP contribution in [0.3, 0.4) is 0 Å². The lowest BCUT2D eigenvalue weighted by Crippen LogP contribution is -2.38. The fraction of sp³-hybridized carbons (Fsp3) is 0.333. The van der Waals surface area contributed by atoms with Crippen LogP contribution >= 0.6 is 27.7 Å². The molecule has 1 aromatic heterocycles. The van der Waals surface area contributed by atoms with Gasteiger partial charge in [0.25, 0.3) is 0 Å². The van der Waals surface area contributed by atoms with Crippen molar-refractivity contribution >= 4 is 27.7 Å². The molecule has 0 unspecified atom stereocenters. The largest absolute Gasteiger partial charge is 0.379 e. The van der Waals surface area contributed by atoms with Gasteiger partial charge in [0.2, 0.25) is 0 Å². The van der Waals surface area contributed by atoms with Gasteiger partial charge >= 0.3 is 0 Å². The SMILES string of the molecule is Fc1ccc(-c2nnc(SCc3cccc(Br)c3)n2CCN2CCOCC2)cc1. The maximum atomic E-state index is 13.4. The Morgan fingerprint density at radius 2 is 1.83 bits per heavy atom. The molecule has 1 saturated heterocycles. The molecule has 0 spiro atoms. The number of hydrogen-bond acceptors (Lipinski definition) is 5. The Kier molecular flexibility index (Phi) is 6.97. The average molecular weight is 477 g/mol. The number of morpholine rings is 1. The number of nitrogens with zero attached hydrogens (tertiary/aromatic N) is 4. The Hall–Kier alpha value is -1.74. The fourth-order valence-corrected chi connectivity index (χ4v) is 4.60. The summed E-state index contributed by atoms with van der Waals surface area (Å²) in [6.45, 7) is 5.11. The lowest BCUT2D eigenvalue weighted by Gasteiger charge is -2.27. The standard InChI is InChI=1S/C21H22BrFN4OS/c22-18-3-1-2-16(14-18)15-29-21-25-24-20(17-4-6-19(23)7-5-17)27(21)9-8-26-10-12-28-13-11-26/h1-7,14H,8-13,15H2. The first-order valence-electron chi connectivity index (χ1n) is 9.55. The van der Waals surface area contributed by atoms with Gasteiger partial charge in [0.15, 0.2) is 11.0 Å². The highest BCUT2D eigenvalue weighted by atomic mass is 79.9. The molecule has 2 heterocycles. The number of hydrogen-bond donors (Lipinski definition) is 0. The number of aromatic nitrogens is 3. The van der Waals surface area contributed by atoms with Crippen LogP contribution in [0.2, 0.25) is 0 Å². The molecule has 1 aliphatic heterocycles. The predicted molar refractivity (Wildman–Crippen MR) is 116 cm³/mol. The molecule has 2 aromatic carbocycles. The minimum Gasteiger partial charge on any atom is -0.379 e. The molecule has 1 aliphatic rings. The molecule has 0 amide bonds. The summed E-state index contributed by atoms with van der Waals surface area (Å²) in [5.41, 5.74) is 2.09. The normalized spacial score (nSPS) is 15.0. The van der Waals surface area contributed by atoms with E-state index in [1.54, 1.807) is 23.9 Å². The maximum Gasteiger partial charge on any atom is 0.191 e. The summed E-state index contributed by atoms with van der Waals surface area (Å²) in [5, 5.41) is 9.74. The molecule has 8 heteroatoms. The van der Waals surface area contributed by atoms with Crippen LogP contribution in [-0.2, 0) is 17.0 Å². The van der Waals surface area contributed by atoms with Gasteiger partial charge in [-0.05, 0) is 42.0 Å². The van der Waals surface area contributed by atoms with Crippen LogP contribution in [0.15, 0.2) is 58.2 Å². The molecule has 5 nitrogen and oxygen atoms in total. The van der Waals surface area contributed by atoms with Crippen molar-refractivity contribution in [3.63, 3.8) is 0 Å². The second-order valence-electron chi connectivity index (χ2n) is 6.84. The quantitative estimate of drug-likeness (QED) is 0.470. The molecule has 0 radical (unpaired) electrons. The lowest BCUT2D eigenvalue weighted by molar-refractivity contribution is 0.0361. The topological polar surface area (TPSA) is 43.2 Å². The van der Waals surface area contributed by atoms with Crippen LogP contribution in [0.4, 0.5) is 4.39 Å². The van der Waals surface area contributed by atoms with Crippen LogP contribution in [0, 0.1) is 5.82 Å². The van der Waals surface area contributed by atoms with Crippen molar-refractivity contribution in [2.75, 3.05) is 32.8 Å². The Balaban J connectivity index is 1.55. The van der Waals surface area contributed by atoms with E-state index in [1.165, 1.54) is 17.7 Å². The van der Waals surface area contributed by atoms with Crippen LogP contribution in [0.25, 0.3) is 11.4 Å². The number of thioether (sulfide) groups is 1. The molecular formula is C21H22BrFN4OS. The smallest absolute Gasteiger partial charge is 0.191 e. The van der Waals surface area contributed by atoms with Crippen molar-refractivity contribution in [3.8, 4) is 11.4 Å². The third-order valence-corrected chi connectivity index (χ3v) is 6.35. The van der Waals surface area contributed by atoms with Gasteiger partial charge in [-0.3, -0.25) is 4.90 Å². The van der Waals surface area contributed by atoms with Crippen LogP contribution in [0.1, 0.15) is 5.56 Å². The molecule has 0 atom stereocenters. The molecule has 0 aliphatic carbocycles. The van der Waals surface area contributed by atoms with Crippen LogP contribution in [0.5, 0.6) is 0 Å². The van der Waals surface area contributed by atoms with E-state index < -0.39 is 0 Å². The van der Waals surface area contributed by atoms with E-state index in [1.807, 2.05) is 12.1 Å². The summed E-state index contributed by atoms with van der Waals surface area (Å²) in [5.74, 6) is 1.32. The zero-order valence-corrected chi connectivity index (χ0v) is 18.3. The summed E-state index contributed by atoms with van der Waals surface area (Å²) in [6, 6.07) is 14.7. The van der Waals surface area contributed by atoms with E-state index in [9.17, 15) is 4.39 Å². The Labute approximate surface area is 182 Å². The van der Waals surface area contributed by atoms with E-state index in [4.69, 9.17) is 4.74 Å². The van der Waals surface area contributed by atoms with E-state index in [2.05, 4.69) is 47.7 Å². The third kappa shape index (κ3) is 5.45. The van der Waals surface area contributed by atoms with Gasteiger partial charge in [0.05, 0.1) is 13.2 Å². The Morgan fingerprint density at radius 1 is 1.03 bits per heavy atom. The highest BCUT2D eigenvalue weighted by Crippen LogP contribution is 2.27. The average Bonchev–Trinajstić information content (AvgIpc) is 3.15. The molecule has 0 N–H and O–H groups in total. The first kappa shape index (κ1) is 20.5. The Morgan fingerprint density at radius 3 is 2.59 bits per heavy atom. The summed E-state index contributed by atoms with van der Waals surface area (Å²) >= 11 is 5.19. The predicted octanol–water partition coefficient (Wildman–Crippen LogP) is 4.47. The first-order valence-corrected chi connectivity index (χ1v) is 11.3. The summed E-state index contributed by atoms with van der Waals surface area (Å²) in [4.78, 5) is 2.39. The Bertz CT molecular complexity index is 944. The van der Waals surface area contributed by atoms with Gasteiger partial charge in [-0.25, -0.2) is 4.39 Å². The third-order valence-electron chi connectivity index (χ3n) is 4.82. The van der Waals surface area contributed by atoms with Gasteiger partial charge in [-0.15, -0.1) is 10.2 Å². The zero-order valence-electron chi connectivity index (χ0n) is 15.9. The number of halogens is 2. The molecule has 0 saturated carbocycles. The highest BCUT2D eigenvalue weighted by molar-refractivity contribution is 9.10. The summed E-state index contributed by atoms with van der Waals surface area (Å²) in [6.07, 6.45) is 0. The molecule has 29 heavy (non-hydrogen) atoms. The van der Waals surface area contributed by atoms with Crippen molar-refractivity contribution in [1.82, 2.24) is 19.7 Å². The molecule has 0 bridgehead atoms. The van der Waals surface area contributed by atoms with Crippen molar-refractivity contribution in [2.45, 2.75) is 17.5 Å². The lowest BCUT2D eigenvalue weighted by atomic mass is 10.2. The van der Waals surface area contributed by atoms with Crippen molar-refractivity contribution in [1.29, 1.82) is 0 Å². The highest BCUT2D eigenvalue weighted by Gasteiger charge is 2.17. The summed E-state index contributed by atoms with van der Waals surface area (Å²) in [7, 11) is 0. The molecule has 152 valence electrons. The molecular weight excluding hydrogens is 455 g/mol. The van der Waals surface area contributed by atoms with Gasteiger partial charge in [0, 0.05) is 42.0 Å². The van der Waals surface area contributed by atoms with Crippen molar-refractivity contribution in [2.24, 2.45) is 0 Å². The monoisotopic (exact) mass is 476 g/mol. The number of ether oxygens (including phenoxy) is 1. The van der Waals surface area contributed by atoms with E-state index >= 15 is 0 Å². The van der Waals surface area contributed by atoms with E-state index in [0.29, 0.717) is 0 Å². The van der Waals surface area contributed by atoms with E-state index in [-0.39, 0.29) is 5.82 Å². The first-order chi connectivity index (χ1) is 14.2.